The predicted molar refractivity (Wildman–Crippen MR) is 179 cm³/mol. The molecule has 1 N–H and O–H groups in total. The van der Waals surface area contributed by atoms with Crippen LogP contribution >= 0.6 is 34.8 Å². The number of pyridine rings is 5. The van der Waals surface area contributed by atoms with E-state index in [1.165, 1.54) is 0 Å². The molecule has 0 aliphatic carbocycles. The molecule has 6 rings (SSSR count). The van der Waals surface area contributed by atoms with Gasteiger partial charge in [-0.05, 0) is 77.2 Å². The molecule has 6 nitrogen and oxygen atoms in total. The van der Waals surface area contributed by atoms with Crippen molar-refractivity contribution in [2.75, 3.05) is 0 Å². The average Bonchev–Trinajstić information content (AvgIpc) is 2.92. The molecule has 0 saturated carbocycles. The molecule has 220 valence electrons. The molecule has 1 unspecified atom stereocenters. The molecule has 0 aromatic carbocycles. The molecule has 0 radical (unpaired) electrons. The van der Waals surface area contributed by atoms with Gasteiger partial charge in [0.15, 0.2) is 0 Å². The summed E-state index contributed by atoms with van der Waals surface area (Å²) in [5.41, 5.74) is 7.55. The maximum Gasteiger partial charge on any atom is 2.00 e. The molecule has 1 atom stereocenters. The molecule has 5 aromatic rings. The second-order valence-electron chi connectivity index (χ2n) is 8.94. The number of fused-ring (bicyclic) bond motifs is 3. The fourth-order valence-corrected chi connectivity index (χ4v) is 4.98. The first kappa shape index (κ1) is 38.0. The van der Waals surface area contributed by atoms with Crippen molar-refractivity contribution in [3.8, 4) is 0 Å². The topological polar surface area (TPSA) is 76.5 Å². The molecule has 6 heterocycles. The molecule has 0 amide bonds. The number of hydrogen-bond acceptors (Lipinski definition) is 6. The monoisotopic (exact) mass is 702 g/mol. The van der Waals surface area contributed by atoms with E-state index >= 15 is 0 Å². The Balaban J connectivity index is 0. The first-order valence-electron chi connectivity index (χ1n) is 13.0. The summed E-state index contributed by atoms with van der Waals surface area (Å²) < 4.78 is 10.0. The molecule has 11 heteroatoms. The summed E-state index contributed by atoms with van der Waals surface area (Å²) >= 11 is 18.2. The normalized spacial score (nSPS) is 12.5. The van der Waals surface area contributed by atoms with E-state index in [2.05, 4.69) is 37.2 Å². The number of aryl methyl sites for hydroxylation is 4. The number of nitrogens with zero attached hydrogens (tertiary/aromatic N) is 5. The molecule has 0 bridgehead atoms. The summed E-state index contributed by atoms with van der Waals surface area (Å²) in [5.74, 6) is 0. The van der Waals surface area contributed by atoms with E-state index < -0.39 is 0 Å². The number of rotatable bonds is 0. The van der Waals surface area contributed by atoms with Crippen molar-refractivity contribution in [3.05, 3.63) is 112 Å². The van der Waals surface area contributed by atoms with E-state index in [4.69, 9.17) is 37.8 Å². The minimum absolute atomic E-state index is 0. The fraction of sp³-hybridized carbons (Fsp3) is 0.226. The third kappa shape index (κ3) is 9.72. The zero-order valence-corrected chi connectivity index (χ0v) is 29.1. The van der Waals surface area contributed by atoms with Gasteiger partial charge in [-0.3, -0.25) is 24.9 Å². The van der Waals surface area contributed by atoms with Gasteiger partial charge in [-0.15, -0.1) is 0 Å². The Labute approximate surface area is 293 Å². The van der Waals surface area contributed by atoms with Crippen LogP contribution in [0.15, 0.2) is 55.1 Å². The Bertz CT molecular complexity index is 1680. The molecule has 5 aromatic heterocycles. The van der Waals surface area contributed by atoms with Crippen LogP contribution in [0, 0.1) is 35.1 Å². The zero-order valence-electron chi connectivity index (χ0n) is 25.8. The van der Waals surface area contributed by atoms with Crippen LogP contribution in [0.2, 0.25) is 15.1 Å². The van der Waals surface area contributed by atoms with Crippen molar-refractivity contribution >= 4 is 85.7 Å². The van der Waals surface area contributed by atoms with Gasteiger partial charge in [-0.2, -0.15) is 0 Å². The zero-order chi connectivity index (χ0) is 29.4. The Morgan fingerprint density at radius 3 is 2.10 bits per heavy atom. The quantitative estimate of drug-likeness (QED) is 0.155. The number of nitrogens with one attached hydrogen (secondary N) is 1. The molecule has 0 saturated heterocycles. The van der Waals surface area contributed by atoms with Crippen molar-refractivity contribution in [3.63, 3.8) is 0 Å². The van der Waals surface area contributed by atoms with Gasteiger partial charge >= 0.3 is 23.1 Å². The van der Waals surface area contributed by atoms with Crippen LogP contribution in [-0.2, 0) is 0 Å². The van der Waals surface area contributed by atoms with E-state index in [0.29, 0.717) is 0 Å². The minimum atomic E-state index is 0. The minimum Gasteiger partial charge on any atom is -1.00 e. The second-order valence-corrected chi connectivity index (χ2v) is 10.2. The van der Waals surface area contributed by atoms with E-state index in [1.54, 1.807) is 18.6 Å². The Morgan fingerprint density at radius 2 is 1.40 bits per heavy atom. The van der Waals surface area contributed by atoms with E-state index in [-0.39, 0.29) is 60.9 Å². The third-order valence-electron chi connectivity index (χ3n) is 5.85. The van der Waals surface area contributed by atoms with Crippen LogP contribution < -0.4 is 22.3 Å². The number of halogens is 4. The molecular weight excluding hydrogens is 667 g/mol. The van der Waals surface area contributed by atoms with Crippen LogP contribution in [0.1, 0.15) is 57.4 Å². The Hall–Kier alpha value is -2.07. The van der Waals surface area contributed by atoms with Crippen molar-refractivity contribution in [2.45, 2.75) is 48.1 Å². The molecule has 1 aliphatic rings. The Kier molecular flexibility index (Phi) is 16.2. The maximum atomic E-state index is 6.09. The number of hydrogen-bond donors (Lipinski definition) is 1. The van der Waals surface area contributed by atoms with E-state index in [9.17, 15) is 0 Å². The summed E-state index contributed by atoms with van der Waals surface area (Å²) in [4.78, 5) is 21.3. The summed E-state index contributed by atoms with van der Waals surface area (Å²) in [6, 6.07) is 9.61. The van der Waals surface area contributed by atoms with Gasteiger partial charge in [-0.1, -0.05) is 42.2 Å². The second kappa shape index (κ2) is 17.9. The van der Waals surface area contributed by atoms with Crippen LogP contribution in [0.25, 0.3) is 27.9 Å². The summed E-state index contributed by atoms with van der Waals surface area (Å²) in [6.07, 6.45) is 9.06. The molecular formula is C31H36BrCl3MgN6. The van der Waals surface area contributed by atoms with Crippen LogP contribution in [0.4, 0.5) is 0 Å². The van der Waals surface area contributed by atoms with Crippen LogP contribution in [0.3, 0.4) is 0 Å². The van der Waals surface area contributed by atoms with Gasteiger partial charge in [0.1, 0.15) is 0 Å². The van der Waals surface area contributed by atoms with Crippen LogP contribution in [0.5, 0.6) is 0 Å². The largest absolute Gasteiger partial charge is 2.00 e. The van der Waals surface area contributed by atoms with Crippen molar-refractivity contribution in [1.29, 1.82) is 0 Å². The van der Waals surface area contributed by atoms with Gasteiger partial charge in [0.2, 0.25) is 0 Å². The van der Waals surface area contributed by atoms with E-state index in [1.807, 2.05) is 70.3 Å². The maximum absolute atomic E-state index is 6.09. The average molecular weight is 705 g/mol. The summed E-state index contributed by atoms with van der Waals surface area (Å²) in [6.45, 7) is 9.81. The molecule has 0 spiro atoms. The Morgan fingerprint density at radius 1 is 0.833 bits per heavy atom. The molecule has 0 fully saturated rings. The van der Waals surface area contributed by atoms with Crippen molar-refractivity contribution in [1.82, 2.24) is 30.2 Å². The van der Waals surface area contributed by atoms with Gasteiger partial charge in [0, 0.05) is 48.8 Å². The third-order valence-corrected chi connectivity index (χ3v) is 6.79. The van der Waals surface area contributed by atoms with Gasteiger partial charge in [-0.25, -0.2) is 0 Å². The first-order chi connectivity index (χ1) is 19.1. The first-order valence-corrected chi connectivity index (χ1v) is 13.1. The smallest absolute Gasteiger partial charge is 1.00 e. The van der Waals surface area contributed by atoms with Gasteiger partial charge < -0.3 is 29.7 Å². The van der Waals surface area contributed by atoms with Crippen molar-refractivity contribution in [2.24, 2.45) is 0 Å². The predicted octanol–water partition coefficient (Wildman–Crippen LogP) is 6.13. The number of aromatic nitrogens is 5. The van der Waals surface area contributed by atoms with Gasteiger partial charge in [0.25, 0.3) is 0 Å². The van der Waals surface area contributed by atoms with Crippen molar-refractivity contribution < 1.29 is 20.0 Å². The molecule has 42 heavy (non-hydrogen) atoms. The van der Waals surface area contributed by atoms with E-state index in [0.717, 1.165) is 70.9 Å². The van der Waals surface area contributed by atoms with Gasteiger partial charge in [0.05, 0.1) is 49.7 Å². The fourth-order valence-electron chi connectivity index (χ4n) is 4.04. The summed E-state index contributed by atoms with van der Waals surface area (Å²) in [5, 5.41) is 7.38. The summed E-state index contributed by atoms with van der Waals surface area (Å²) in [7, 11) is 0. The standard InChI is InChI=1S/C10H11ClN2.C10H9ClN2.C9H7ClN2.CH4.CH3.BrH.Mg.H2/c2*1-6-5-9(11)8-3-4-12-7(2)10(8)13-6;1-6-4-8(10)7-2-3-11-5-9(7)12-6;;;;;/h3-5,7,12H,1-2H3;3-5H,1-2H3;2-5H,1H3;1H4;1H3;1H;;1H/q;;;;-1;;+2;/p-1/i;;;;;;;1+1D. The van der Waals surface area contributed by atoms with Crippen LogP contribution in [-0.4, -0.2) is 48.0 Å². The SMILES string of the molecule is C.Cc1cc(Cl)c2c(n1)C(C)NC=C2.Cc1cc(Cl)c2ccnc(C)c2n1.Cc1cc(Cl)c2ccncc2n1.[2H][2H].[Br-].[CH3-].[Mg+2]. The molecule has 1 aliphatic heterocycles.